The number of anilines is 1. The van der Waals surface area contributed by atoms with Gasteiger partial charge < -0.3 is 16.0 Å². The molecule has 5 N–H and O–H groups in total. The number of H-pyrrole nitrogens is 1. The van der Waals surface area contributed by atoms with Crippen LogP contribution in [0.4, 0.5) is 5.69 Å². The first-order valence-electron chi connectivity index (χ1n) is 10.3. The minimum Gasteiger partial charge on any atom is -0.354 e. The Bertz CT molecular complexity index is 1340. The Morgan fingerprint density at radius 1 is 1.03 bits per heavy atom. The van der Waals surface area contributed by atoms with Crippen molar-refractivity contribution in [2.75, 3.05) is 5.32 Å². The van der Waals surface area contributed by atoms with Gasteiger partial charge in [0.25, 0.3) is 5.91 Å². The van der Waals surface area contributed by atoms with E-state index >= 15 is 0 Å². The molecule has 32 heavy (non-hydrogen) atoms. The van der Waals surface area contributed by atoms with Gasteiger partial charge in [0, 0.05) is 22.2 Å². The molecule has 1 aliphatic rings. The minimum absolute atomic E-state index is 0.319. The average molecular weight is 423 g/mol. The number of carbonyl (C=O) groups excluding carboxylic acids is 2. The highest BCUT2D eigenvalue weighted by Crippen LogP contribution is 2.34. The maximum Gasteiger partial charge on any atom is 0.272 e. The standard InChI is InChI=1S/C25H21N5O2/c26-20(11-15-7-3-1-4-8-15)25(32)28-17-12-18-22-19(14-27-30-24(18)31)23(29-21(22)13-17)16-9-5-2-6-10-16/h1-10,12-14,20,29H,11,26H2,(H,28,32)(H,30,31). The molecule has 0 bridgehead atoms. The number of amides is 2. The molecule has 1 aromatic heterocycles. The van der Waals surface area contributed by atoms with Gasteiger partial charge in [0.2, 0.25) is 5.91 Å². The monoisotopic (exact) mass is 423 g/mol. The zero-order valence-corrected chi connectivity index (χ0v) is 17.1. The van der Waals surface area contributed by atoms with Crippen molar-refractivity contribution in [2.45, 2.75) is 12.5 Å². The van der Waals surface area contributed by atoms with Gasteiger partial charge in [-0.25, -0.2) is 5.43 Å². The summed E-state index contributed by atoms with van der Waals surface area (Å²) in [5, 5.41) is 7.68. The van der Waals surface area contributed by atoms with E-state index in [1.165, 1.54) is 0 Å². The first-order valence-corrected chi connectivity index (χ1v) is 10.3. The van der Waals surface area contributed by atoms with E-state index in [-0.39, 0.29) is 11.8 Å². The van der Waals surface area contributed by atoms with Crippen LogP contribution in [0.3, 0.4) is 0 Å². The molecule has 7 heteroatoms. The molecule has 2 heterocycles. The molecular formula is C25H21N5O2. The van der Waals surface area contributed by atoms with E-state index in [1.54, 1.807) is 12.3 Å². The molecule has 4 aromatic rings. The lowest BCUT2D eigenvalue weighted by Crippen LogP contribution is -2.37. The molecule has 0 saturated heterocycles. The van der Waals surface area contributed by atoms with E-state index in [4.69, 9.17) is 5.73 Å². The molecule has 7 nitrogen and oxygen atoms in total. The summed E-state index contributed by atoms with van der Waals surface area (Å²) in [6.07, 6.45) is 2.06. The van der Waals surface area contributed by atoms with Crippen molar-refractivity contribution >= 4 is 34.6 Å². The minimum atomic E-state index is -0.719. The van der Waals surface area contributed by atoms with Gasteiger partial charge in [-0.3, -0.25) is 9.59 Å². The summed E-state index contributed by atoms with van der Waals surface area (Å²) in [7, 11) is 0. The molecule has 0 saturated carbocycles. The number of nitrogens with one attached hydrogen (secondary N) is 3. The Morgan fingerprint density at radius 2 is 1.75 bits per heavy atom. The number of nitrogens with two attached hydrogens (primary N) is 1. The van der Waals surface area contributed by atoms with Crippen molar-refractivity contribution < 1.29 is 9.59 Å². The summed E-state index contributed by atoms with van der Waals surface area (Å²) in [5.74, 6) is -0.658. The van der Waals surface area contributed by atoms with Gasteiger partial charge in [-0.2, -0.15) is 5.10 Å². The van der Waals surface area contributed by atoms with Gasteiger partial charge in [0.05, 0.1) is 23.5 Å². The zero-order valence-electron chi connectivity index (χ0n) is 17.1. The van der Waals surface area contributed by atoms with Crippen LogP contribution in [0.15, 0.2) is 77.9 Å². The molecule has 158 valence electrons. The van der Waals surface area contributed by atoms with Crippen LogP contribution in [0.2, 0.25) is 0 Å². The molecule has 0 fully saturated rings. The molecular weight excluding hydrogens is 402 g/mol. The SMILES string of the molecule is NC(Cc1ccccc1)C(=O)Nc1cc2c3c(c(-c4ccccc4)[nH]c3c1)C=NNC2=O. The van der Waals surface area contributed by atoms with Gasteiger partial charge in [0.1, 0.15) is 0 Å². The number of hydrogen-bond donors (Lipinski definition) is 4. The second kappa shape index (κ2) is 8.13. The maximum absolute atomic E-state index is 12.7. The molecule has 5 rings (SSSR count). The van der Waals surface area contributed by atoms with Crippen LogP contribution in [-0.2, 0) is 11.2 Å². The van der Waals surface area contributed by atoms with E-state index in [9.17, 15) is 9.59 Å². The first kappa shape index (κ1) is 19.7. The fraction of sp³-hybridized carbons (Fsp3) is 0.0800. The van der Waals surface area contributed by atoms with Crippen molar-refractivity contribution in [3.8, 4) is 11.3 Å². The lowest BCUT2D eigenvalue weighted by Gasteiger charge is -2.13. The Morgan fingerprint density at radius 3 is 2.50 bits per heavy atom. The summed E-state index contributed by atoms with van der Waals surface area (Å²) in [4.78, 5) is 28.8. The van der Waals surface area contributed by atoms with Crippen LogP contribution in [0.5, 0.6) is 0 Å². The number of hydrogen-bond acceptors (Lipinski definition) is 4. The van der Waals surface area contributed by atoms with Gasteiger partial charge >= 0.3 is 0 Å². The number of nitrogens with zero attached hydrogens (tertiary/aromatic N) is 1. The predicted molar refractivity (Wildman–Crippen MR) is 126 cm³/mol. The van der Waals surface area contributed by atoms with E-state index in [2.05, 4.69) is 20.8 Å². The summed E-state index contributed by atoms with van der Waals surface area (Å²) in [6, 6.07) is 22.2. The van der Waals surface area contributed by atoms with Gasteiger partial charge in [-0.15, -0.1) is 0 Å². The van der Waals surface area contributed by atoms with Gasteiger partial charge in [-0.05, 0) is 29.7 Å². The average Bonchev–Trinajstić information content (AvgIpc) is 3.09. The number of hydrazone groups is 1. The van der Waals surface area contributed by atoms with E-state index in [1.807, 2.05) is 66.7 Å². The second-order valence-electron chi connectivity index (χ2n) is 7.71. The summed E-state index contributed by atoms with van der Waals surface area (Å²) in [6.45, 7) is 0. The number of aromatic amines is 1. The van der Waals surface area contributed by atoms with Crippen molar-refractivity contribution in [3.05, 3.63) is 89.5 Å². The summed E-state index contributed by atoms with van der Waals surface area (Å²) >= 11 is 0. The highest BCUT2D eigenvalue weighted by atomic mass is 16.2. The second-order valence-corrected chi connectivity index (χ2v) is 7.71. The highest BCUT2D eigenvalue weighted by Gasteiger charge is 2.23. The molecule has 1 atom stereocenters. The van der Waals surface area contributed by atoms with E-state index < -0.39 is 6.04 Å². The predicted octanol–water partition coefficient (Wildman–Crippen LogP) is 3.42. The Kier molecular flexibility index (Phi) is 5.01. The number of rotatable bonds is 5. The fourth-order valence-electron chi connectivity index (χ4n) is 3.98. The number of carbonyl (C=O) groups is 2. The number of aromatic nitrogens is 1. The van der Waals surface area contributed by atoms with Crippen LogP contribution in [0, 0.1) is 0 Å². The van der Waals surface area contributed by atoms with Gasteiger partial charge in [0.15, 0.2) is 0 Å². The van der Waals surface area contributed by atoms with Gasteiger partial charge in [-0.1, -0.05) is 60.7 Å². The summed E-state index contributed by atoms with van der Waals surface area (Å²) < 4.78 is 0. The smallest absolute Gasteiger partial charge is 0.272 e. The van der Waals surface area contributed by atoms with Crippen LogP contribution < -0.4 is 16.5 Å². The zero-order chi connectivity index (χ0) is 22.1. The third-order valence-corrected chi connectivity index (χ3v) is 5.51. The first-order chi connectivity index (χ1) is 15.6. The Balaban J connectivity index is 1.51. The number of benzene rings is 3. The molecule has 0 aliphatic carbocycles. The normalized spacial score (nSPS) is 13.5. The largest absolute Gasteiger partial charge is 0.354 e. The van der Waals surface area contributed by atoms with Crippen LogP contribution in [-0.4, -0.2) is 29.1 Å². The van der Waals surface area contributed by atoms with E-state index in [0.29, 0.717) is 17.7 Å². The third kappa shape index (κ3) is 3.66. The molecule has 1 aliphatic heterocycles. The molecule has 1 unspecified atom stereocenters. The lowest BCUT2D eigenvalue weighted by atomic mass is 10.0. The van der Waals surface area contributed by atoms with Crippen molar-refractivity contribution in [1.82, 2.24) is 10.4 Å². The lowest BCUT2D eigenvalue weighted by molar-refractivity contribution is -0.117. The van der Waals surface area contributed by atoms with E-state index in [0.717, 1.165) is 33.3 Å². The highest BCUT2D eigenvalue weighted by molar-refractivity contribution is 6.18. The topological polar surface area (TPSA) is 112 Å². The Labute approximate surface area is 184 Å². The molecule has 0 radical (unpaired) electrons. The third-order valence-electron chi connectivity index (χ3n) is 5.51. The van der Waals surface area contributed by atoms with Crippen LogP contribution in [0.25, 0.3) is 22.2 Å². The molecule has 3 aromatic carbocycles. The van der Waals surface area contributed by atoms with Crippen molar-refractivity contribution in [3.63, 3.8) is 0 Å². The van der Waals surface area contributed by atoms with Crippen molar-refractivity contribution in [1.29, 1.82) is 0 Å². The van der Waals surface area contributed by atoms with Crippen LogP contribution >= 0.6 is 0 Å². The van der Waals surface area contributed by atoms with Crippen LogP contribution in [0.1, 0.15) is 21.5 Å². The van der Waals surface area contributed by atoms with Crippen molar-refractivity contribution in [2.24, 2.45) is 10.8 Å². The Hall–Kier alpha value is -4.23. The maximum atomic E-state index is 12.7. The quantitative estimate of drug-likeness (QED) is 0.394. The molecule has 2 amide bonds. The molecule has 0 spiro atoms. The fourth-order valence-corrected chi connectivity index (χ4v) is 3.98. The summed E-state index contributed by atoms with van der Waals surface area (Å²) in [5.41, 5.74) is 13.9.